The molecule has 6 nitrogen and oxygen atoms in total. The second kappa shape index (κ2) is 19.3. The molecule has 1 unspecified atom stereocenters. The number of hydrogen-bond acceptors (Lipinski definition) is 6. The monoisotopic (exact) mass is 690 g/mol. The summed E-state index contributed by atoms with van der Waals surface area (Å²) in [6.45, 7) is 11.6. The summed E-state index contributed by atoms with van der Waals surface area (Å²) in [6, 6.07) is 31.6. The molecule has 5 rings (SSSR count). The predicted octanol–water partition coefficient (Wildman–Crippen LogP) is 11.5. The van der Waals surface area contributed by atoms with Crippen molar-refractivity contribution in [2.24, 2.45) is 5.92 Å². The highest BCUT2D eigenvalue weighted by molar-refractivity contribution is 5.86. The first-order chi connectivity index (χ1) is 25.9. The van der Waals surface area contributed by atoms with Crippen LogP contribution in [0.3, 0.4) is 0 Å². The Morgan fingerprint density at radius 2 is 1.60 bits per heavy atom. The van der Waals surface area contributed by atoms with Crippen LogP contribution in [0.1, 0.15) is 44.7 Å². The number of nitrogens with one attached hydrogen (secondary N) is 2. The highest BCUT2D eigenvalue weighted by atomic mass is 14.9. The van der Waals surface area contributed by atoms with Crippen LogP contribution in [0, 0.1) is 58.2 Å². The predicted molar refractivity (Wildman–Crippen MR) is 217 cm³/mol. The fraction of sp³-hybridized carbons (Fsp3) is 0.149. The number of anilines is 1. The van der Waals surface area contributed by atoms with E-state index in [-0.39, 0.29) is 0 Å². The van der Waals surface area contributed by atoms with Crippen LogP contribution in [-0.4, -0.2) is 0 Å². The Morgan fingerprint density at radius 1 is 0.849 bits per heavy atom. The van der Waals surface area contributed by atoms with Gasteiger partial charge in [-0.2, -0.15) is 21.0 Å². The second-order valence-electron chi connectivity index (χ2n) is 11.9. The van der Waals surface area contributed by atoms with Crippen LogP contribution in [0.2, 0.25) is 0 Å². The highest BCUT2D eigenvalue weighted by Gasteiger charge is 2.17. The Balaban J connectivity index is 0.00000308. The lowest BCUT2D eigenvalue weighted by atomic mass is 9.92. The van der Waals surface area contributed by atoms with Gasteiger partial charge >= 0.3 is 0 Å². The van der Waals surface area contributed by atoms with E-state index in [1.54, 1.807) is 43.4 Å². The molecule has 1 atom stereocenters. The lowest BCUT2D eigenvalue weighted by Gasteiger charge is -2.18. The van der Waals surface area contributed by atoms with Crippen LogP contribution in [0.4, 0.5) is 5.69 Å². The third-order valence-electron chi connectivity index (χ3n) is 8.61. The Kier molecular flexibility index (Phi) is 14.1. The topological polar surface area (TPSA) is 119 Å². The van der Waals surface area contributed by atoms with Gasteiger partial charge in [0.05, 0.1) is 34.9 Å². The van der Waals surface area contributed by atoms with Gasteiger partial charge < -0.3 is 10.6 Å². The van der Waals surface area contributed by atoms with Crippen molar-refractivity contribution in [2.75, 3.05) is 5.32 Å². The van der Waals surface area contributed by atoms with Crippen LogP contribution >= 0.6 is 0 Å². The van der Waals surface area contributed by atoms with Gasteiger partial charge in [0.25, 0.3) is 0 Å². The number of para-hydroxylation sites is 1. The molecule has 0 saturated heterocycles. The van der Waals surface area contributed by atoms with E-state index in [0.29, 0.717) is 34.5 Å². The molecule has 3 aromatic carbocycles. The van der Waals surface area contributed by atoms with Gasteiger partial charge in [0.2, 0.25) is 0 Å². The fourth-order valence-corrected chi connectivity index (χ4v) is 5.90. The summed E-state index contributed by atoms with van der Waals surface area (Å²) in [5.74, 6) is -0.562. The minimum absolute atomic E-state index is 0.333. The molecule has 0 saturated carbocycles. The number of benzene rings is 3. The molecule has 6 heteroatoms. The van der Waals surface area contributed by atoms with Gasteiger partial charge in [-0.15, -0.1) is 6.58 Å². The number of aryl methyl sites for hydroxylation is 1. The largest absolute Gasteiger partial charge is 0.357 e. The molecule has 260 valence electrons. The summed E-state index contributed by atoms with van der Waals surface area (Å²) in [5, 5.41) is 45.9. The third-order valence-corrected chi connectivity index (χ3v) is 8.61. The average Bonchev–Trinajstić information content (AvgIpc) is 3.56. The minimum atomic E-state index is -0.562. The Labute approximate surface area is 314 Å². The molecule has 0 spiro atoms. The molecular weight excluding hydrogens is 649 g/mol. The van der Waals surface area contributed by atoms with Crippen LogP contribution in [0.15, 0.2) is 168 Å². The molecular formula is C47H42N6. The van der Waals surface area contributed by atoms with Gasteiger partial charge in [0.15, 0.2) is 0 Å². The van der Waals surface area contributed by atoms with Crippen molar-refractivity contribution < 1.29 is 0 Å². The van der Waals surface area contributed by atoms with E-state index in [0.717, 1.165) is 56.8 Å². The number of rotatable bonds is 10. The van der Waals surface area contributed by atoms with Crippen molar-refractivity contribution in [3.8, 4) is 46.5 Å². The molecule has 0 heterocycles. The molecule has 0 fully saturated rings. The van der Waals surface area contributed by atoms with Gasteiger partial charge in [-0.05, 0) is 90.6 Å². The molecule has 0 aliphatic heterocycles. The minimum Gasteiger partial charge on any atom is -0.357 e. The van der Waals surface area contributed by atoms with E-state index in [9.17, 15) is 21.0 Å². The maximum absolute atomic E-state index is 9.90. The zero-order valence-corrected chi connectivity index (χ0v) is 30.6. The molecule has 0 radical (unpaired) electrons. The lowest BCUT2D eigenvalue weighted by molar-refractivity contribution is 0.932. The zero-order valence-electron chi connectivity index (χ0n) is 30.6. The summed E-state index contributed by atoms with van der Waals surface area (Å²) < 4.78 is 0. The average molecular weight is 691 g/mol. The van der Waals surface area contributed by atoms with E-state index in [4.69, 9.17) is 0 Å². The number of hydrogen-bond donors (Lipinski definition) is 2. The molecule has 2 aliphatic carbocycles. The first-order valence-corrected chi connectivity index (χ1v) is 17.6. The second-order valence-corrected chi connectivity index (χ2v) is 11.9. The maximum atomic E-state index is 9.90. The van der Waals surface area contributed by atoms with Crippen LogP contribution in [0.5, 0.6) is 0 Å². The van der Waals surface area contributed by atoms with Crippen molar-refractivity contribution in [1.29, 1.82) is 21.0 Å². The van der Waals surface area contributed by atoms with Crippen molar-refractivity contribution in [3.63, 3.8) is 0 Å². The van der Waals surface area contributed by atoms with E-state index in [1.807, 2.05) is 50.3 Å². The third kappa shape index (κ3) is 9.57. The Bertz CT molecular complexity index is 2290. The highest BCUT2D eigenvalue weighted by Crippen LogP contribution is 2.35. The summed E-state index contributed by atoms with van der Waals surface area (Å²) in [7, 11) is 0. The first-order valence-electron chi connectivity index (χ1n) is 17.6. The maximum Gasteiger partial charge on any atom is 0.101 e. The number of allylic oxidation sites excluding steroid dienone is 14. The van der Waals surface area contributed by atoms with Crippen LogP contribution < -0.4 is 10.6 Å². The van der Waals surface area contributed by atoms with Crippen molar-refractivity contribution in [1.82, 2.24) is 5.32 Å². The van der Waals surface area contributed by atoms with Crippen LogP contribution in [0.25, 0.3) is 27.8 Å². The fourth-order valence-electron chi connectivity index (χ4n) is 5.90. The van der Waals surface area contributed by atoms with Crippen molar-refractivity contribution >= 4 is 11.3 Å². The first kappa shape index (κ1) is 38.7. The smallest absolute Gasteiger partial charge is 0.101 e. The van der Waals surface area contributed by atoms with Gasteiger partial charge in [-0.1, -0.05) is 98.8 Å². The summed E-state index contributed by atoms with van der Waals surface area (Å²) in [4.78, 5) is 0. The molecule has 0 amide bonds. The quantitative estimate of drug-likeness (QED) is 0.124. The number of nitrogens with zero attached hydrogens (tertiary/aromatic N) is 4. The van der Waals surface area contributed by atoms with Crippen LogP contribution in [-0.2, 0) is 0 Å². The van der Waals surface area contributed by atoms with E-state index in [1.165, 1.54) is 0 Å². The van der Waals surface area contributed by atoms with E-state index < -0.39 is 5.92 Å². The molecule has 2 aliphatic rings. The molecule has 3 aromatic rings. The Morgan fingerprint density at radius 3 is 2.32 bits per heavy atom. The van der Waals surface area contributed by atoms with E-state index >= 15 is 0 Å². The molecule has 0 bridgehead atoms. The summed E-state index contributed by atoms with van der Waals surface area (Å²) in [5.41, 5.74) is 11.5. The summed E-state index contributed by atoms with van der Waals surface area (Å²) >= 11 is 0. The van der Waals surface area contributed by atoms with Gasteiger partial charge in [0.1, 0.15) is 12.1 Å². The molecule has 53 heavy (non-hydrogen) atoms. The van der Waals surface area contributed by atoms with Gasteiger partial charge in [-0.25, -0.2) is 0 Å². The van der Waals surface area contributed by atoms with Crippen molar-refractivity contribution in [2.45, 2.75) is 40.5 Å². The summed E-state index contributed by atoms with van der Waals surface area (Å²) in [6.07, 6.45) is 19.7. The molecule has 2 N–H and O–H groups in total. The number of nitriles is 4. The van der Waals surface area contributed by atoms with Crippen molar-refractivity contribution in [3.05, 3.63) is 179 Å². The normalized spacial score (nSPS) is 14.5. The van der Waals surface area contributed by atoms with E-state index in [2.05, 4.69) is 103 Å². The Hall–Kier alpha value is -7.12. The standard InChI is InChI=1S/C45H36N6.C2H6/c1-4-32(27-46)23-44(34(5-2)29-48)50-42-20-10-9-17-39(42)37-15-12-14-35(25-37)36-22-21-31(3)41(26-36)40-18-7-6-8-19-43(40)51-45-24-33(28-47)13-11-16-38(45)30-49;1-2/h4-5,7-23,25-26,32,50-51H,1,6,24H2,2-3H3;1-2H3/b34-5-,44-23?;. The van der Waals surface area contributed by atoms with Gasteiger partial charge in [0, 0.05) is 40.2 Å². The van der Waals surface area contributed by atoms with Gasteiger partial charge in [-0.3, -0.25) is 0 Å². The lowest BCUT2D eigenvalue weighted by Crippen LogP contribution is -2.15. The zero-order chi connectivity index (χ0) is 38.2. The SMILES string of the molecule is C=CC(C#N)C=C(Nc1ccccc1-c1cccc(-c2ccc(C)c(C3=C(NC4=C(C#N)C=CC=C(C#N)C4)C=CCC=C3)c2)c1)/C(C#N)=C\C.CC. The molecule has 0 aromatic heterocycles.